The second-order valence-corrected chi connectivity index (χ2v) is 3.99. The molecule has 16 heavy (non-hydrogen) atoms. The van der Waals surface area contributed by atoms with Gasteiger partial charge < -0.3 is 4.90 Å². The molecule has 1 aromatic rings. The molecule has 4 nitrogen and oxygen atoms in total. The van der Waals surface area contributed by atoms with Gasteiger partial charge in [-0.3, -0.25) is 9.89 Å². The van der Waals surface area contributed by atoms with E-state index in [0.29, 0.717) is 6.42 Å². The Morgan fingerprint density at radius 2 is 2.19 bits per heavy atom. The van der Waals surface area contributed by atoms with Crippen molar-refractivity contribution in [2.75, 3.05) is 13.1 Å². The summed E-state index contributed by atoms with van der Waals surface area (Å²) in [6.07, 6.45) is 5.33. The first kappa shape index (κ1) is 12.7. The summed E-state index contributed by atoms with van der Waals surface area (Å²) in [5, 5.41) is 6.67. The van der Waals surface area contributed by atoms with Crippen LogP contribution in [-0.2, 0) is 11.2 Å². The summed E-state index contributed by atoms with van der Waals surface area (Å²) in [5.41, 5.74) is 0.891. The maximum atomic E-state index is 12.0. The van der Waals surface area contributed by atoms with E-state index in [2.05, 4.69) is 24.0 Å². The van der Waals surface area contributed by atoms with E-state index in [0.717, 1.165) is 38.0 Å². The number of H-pyrrole nitrogens is 1. The van der Waals surface area contributed by atoms with Crippen LogP contribution in [0.15, 0.2) is 12.3 Å². The van der Waals surface area contributed by atoms with Crippen molar-refractivity contribution in [3.8, 4) is 0 Å². The van der Waals surface area contributed by atoms with Crippen LogP contribution in [0, 0.1) is 0 Å². The lowest BCUT2D eigenvalue weighted by Gasteiger charge is -2.21. The molecule has 1 amide bonds. The van der Waals surface area contributed by atoms with E-state index >= 15 is 0 Å². The summed E-state index contributed by atoms with van der Waals surface area (Å²) in [5.74, 6) is 0.194. The van der Waals surface area contributed by atoms with Crippen LogP contribution in [0.5, 0.6) is 0 Å². The molecular weight excluding hydrogens is 202 g/mol. The number of nitrogens with one attached hydrogen (secondary N) is 1. The van der Waals surface area contributed by atoms with Crippen LogP contribution in [-0.4, -0.2) is 34.1 Å². The van der Waals surface area contributed by atoms with Gasteiger partial charge in [0.25, 0.3) is 0 Å². The molecule has 0 aliphatic rings. The van der Waals surface area contributed by atoms with Crippen LogP contribution in [0.3, 0.4) is 0 Å². The van der Waals surface area contributed by atoms with Crippen molar-refractivity contribution < 1.29 is 4.79 Å². The van der Waals surface area contributed by atoms with Gasteiger partial charge in [-0.15, -0.1) is 0 Å². The first-order valence-corrected chi connectivity index (χ1v) is 6.04. The van der Waals surface area contributed by atoms with Crippen LogP contribution in [0.4, 0.5) is 0 Å². The van der Waals surface area contributed by atoms with Gasteiger partial charge in [0.15, 0.2) is 0 Å². The van der Waals surface area contributed by atoms with Gasteiger partial charge in [0.1, 0.15) is 0 Å². The molecule has 0 aromatic carbocycles. The summed E-state index contributed by atoms with van der Waals surface area (Å²) >= 11 is 0. The van der Waals surface area contributed by atoms with Crippen molar-refractivity contribution in [3.63, 3.8) is 0 Å². The summed E-state index contributed by atoms with van der Waals surface area (Å²) in [6.45, 7) is 5.97. The predicted octanol–water partition coefficient (Wildman–Crippen LogP) is 1.99. The minimum Gasteiger partial charge on any atom is -0.342 e. The van der Waals surface area contributed by atoms with E-state index in [1.165, 1.54) is 0 Å². The van der Waals surface area contributed by atoms with Crippen molar-refractivity contribution in [3.05, 3.63) is 18.0 Å². The van der Waals surface area contributed by atoms with Crippen LogP contribution in [0.2, 0.25) is 0 Å². The second kappa shape index (κ2) is 7.04. The number of aromatic amines is 1. The molecule has 1 heterocycles. The van der Waals surface area contributed by atoms with Gasteiger partial charge in [-0.1, -0.05) is 20.3 Å². The Morgan fingerprint density at radius 3 is 2.75 bits per heavy atom. The molecule has 0 spiro atoms. The number of carbonyl (C=O) groups is 1. The molecule has 1 N–H and O–H groups in total. The van der Waals surface area contributed by atoms with Gasteiger partial charge in [-0.25, -0.2) is 0 Å². The number of rotatable bonds is 7. The predicted molar refractivity (Wildman–Crippen MR) is 64.1 cm³/mol. The maximum Gasteiger partial charge on any atom is 0.228 e. The Balaban J connectivity index is 2.46. The molecule has 4 heteroatoms. The molecule has 0 aliphatic carbocycles. The Morgan fingerprint density at radius 1 is 1.38 bits per heavy atom. The van der Waals surface area contributed by atoms with Crippen LogP contribution in [0.25, 0.3) is 0 Å². The van der Waals surface area contributed by atoms with Gasteiger partial charge in [0.2, 0.25) is 5.91 Å². The molecule has 0 saturated heterocycles. The third kappa shape index (κ3) is 4.04. The molecule has 0 radical (unpaired) electrons. The van der Waals surface area contributed by atoms with Crippen molar-refractivity contribution >= 4 is 5.91 Å². The van der Waals surface area contributed by atoms with Crippen LogP contribution in [0.1, 0.15) is 38.8 Å². The minimum absolute atomic E-state index is 0.194. The SMILES string of the molecule is CCCCN(CCC)C(=O)Cc1ccn[nH]1. The molecule has 0 saturated carbocycles. The molecule has 0 bridgehead atoms. The zero-order valence-corrected chi connectivity index (χ0v) is 10.2. The van der Waals surface area contributed by atoms with E-state index in [9.17, 15) is 4.79 Å². The molecule has 0 unspecified atom stereocenters. The molecule has 0 fully saturated rings. The summed E-state index contributed by atoms with van der Waals surface area (Å²) in [7, 11) is 0. The van der Waals surface area contributed by atoms with Crippen molar-refractivity contribution in [1.82, 2.24) is 15.1 Å². The fourth-order valence-electron chi connectivity index (χ4n) is 1.64. The lowest BCUT2D eigenvalue weighted by molar-refractivity contribution is -0.130. The number of aromatic nitrogens is 2. The summed E-state index contributed by atoms with van der Waals surface area (Å²) in [6, 6.07) is 1.85. The average molecular weight is 223 g/mol. The molecule has 1 aromatic heterocycles. The number of hydrogen-bond donors (Lipinski definition) is 1. The third-order valence-corrected chi connectivity index (χ3v) is 2.53. The molecule has 90 valence electrons. The highest BCUT2D eigenvalue weighted by Crippen LogP contribution is 2.02. The van der Waals surface area contributed by atoms with Gasteiger partial charge in [0.05, 0.1) is 6.42 Å². The standard InChI is InChI=1S/C12H21N3O/c1-3-5-9-15(8-4-2)12(16)10-11-6-7-13-14-11/h6-7H,3-5,8-10H2,1-2H3,(H,13,14). The molecule has 0 atom stereocenters. The summed E-state index contributed by atoms with van der Waals surface area (Å²) < 4.78 is 0. The summed E-state index contributed by atoms with van der Waals surface area (Å²) in [4.78, 5) is 13.9. The molecular formula is C12H21N3O. The smallest absolute Gasteiger partial charge is 0.228 e. The monoisotopic (exact) mass is 223 g/mol. The highest BCUT2D eigenvalue weighted by molar-refractivity contribution is 5.78. The van der Waals surface area contributed by atoms with Gasteiger partial charge >= 0.3 is 0 Å². The number of unbranched alkanes of at least 4 members (excludes halogenated alkanes) is 1. The molecule has 0 aliphatic heterocycles. The van der Waals surface area contributed by atoms with Crippen LogP contribution >= 0.6 is 0 Å². The largest absolute Gasteiger partial charge is 0.342 e. The number of carbonyl (C=O) groups excluding carboxylic acids is 1. The van der Waals surface area contributed by atoms with E-state index < -0.39 is 0 Å². The highest BCUT2D eigenvalue weighted by atomic mass is 16.2. The Hall–Kier alpha value is -1.32. The Bertz CT molecular complexity index is 295. The average Bonchev–Trinajstić information content (AvgIpc) is 2.76. The van der Waals surface area contributed by atoms with E-state index in [4.69, 9.17) is 0 Å². The Labute approximate surface area is 97.0 Å². The van der Waals surface area contributed by atoms with Crippen molar-refractivity contribution in [1.29, 1.82) is 0 Å². The normalized spacial score (nSPS) is 10.4. The number of hydrogen-bond acceptors (Lipinski definition) is 2. The van der Waals surface area contributed by atoms with Crippen LogP contribution < -0.4 is 0 Å². The fraction of sp³-hybridized carbons (Fsp3) is 0.667. The van der Waals surface area contributed by atoms with Gasteiger partial charge in [-0.05, 0) is 18.9 Å². The van der Waals surface area contributed by atoms with Crippen molar-refractivity contribution in [2.45, 2.75) is 39.5 Å². The van der Waals surface area contributed by atoms with Gasteiger partial charge in [-0.2, -0.15) is 5.10 Å². The number of amides is 1. The fourth-order valence-corrected chi connectivity index (χ4v) is 1.64. The minimum atomic E-state index is 0.194. The quantitative estimate of drug-likeness (QED) is 0.768. The molecule has 1 rings (SSSR count). The topological polar surface area (TPSA) is 49.0 Å². The van der Waals surface area contributed by atoms with E-state index in [-0.39, 0.29) is 5.91 Å². The first-order chi connectivity index (χ1) is 7.77. The maximum absolute atomic E-state index is 12.0. The lowest BCUT2D eigenvalue weighted by Crippen LogP contribution is -2.34. The lowest BCUT2D eigenvalue weighted by atomic mass is 10.2. The zero-order valence-electron chi connectivity index (χ0n) is 10.2. The zero-order chi connectivity index (χ0) is 11.8. The highest BCUT2D eigenvalue weighted by Gasteiger charge is 2.12. The van der Waals surface area contributed by atoms with Gasteiger partial charge in [0, 0.05) is 25.0 Å². The third-order valence-electron chi connectivity index (χ3n) is 2.53. The second-order valence-electron chi connectivity index (χ2n) is 3.99. The Kier molecular flexibility index (Phi) is 5.61. The van der Waals surface area contributed by atoms with E-state index in [1.54, 1.807) is 6.20 Å². The number of nitrogens with zero attached hydrogens (tertiary/aromatic N) is 2. The van der Waals surface area contributed by atoms with Crippen molar-refractivity contribution in [2.24, 2.45) is 0 Å². The first-order valence-electron chi connectivity index (χ1n) is 6.04. The van der Waals surface area contributed by atoms with E-state index in [1.807, 2.05) is 11.0 Å².